The van der Waals surface area contributed by atoms with Crippen molar-refractivity contribution >= 4 is 5.91 Å². The molecule has 1 heterocycles. The molecule has 1 aliphatic heterocycles. The molecule has 0 saturated carbocycles. The number of hydrogen-bond acceptors (Lipinski definition) is 3. The molecular formula is C12H24N2O2. The third-order valence-corrected chi connectivity index (χ3v) is 3.55. The van der Waals surface area contributed by atoms with Crippen molar-refractivity contribution in [3.05, 3.63) is 0 Å². The van der Waals surface area contributed by atoms with Crippen LogP contribution in [-0.4, -0.2) is 59.1 Å². The standard InChI is InChI=1S/C12H24N2O2/c1-5-6-7-14-9-12(2,3)13(4)10(8-15)11(14)16/h10,15H,5-9H2,1-4H3. The first-order chi connectivity index (χ1) is 7.44. The van der Waals surface area contributed by atoms with Crippen molar-refractivity contribution in [1.29, 1.82) is 0 Å². The third-order valence-electron chi connectivity index (χ3n) is 3.55. The summed E-state index contributed by atoms with van der Waals surface area (Å²) in [6.45, 7) is 7.81. The summed E-state index contributed by atoms with van der Waals surface area (Å²) in [5, 5.41) is 9.32. The zero-order valence-electron chi connectivity index (χ0n) is 10.9. The molecule has 4 nitrogen and oxygen atoms in total. The van der Waals surface area contributed by atoms with E-state index in [9.17, 15) is 9.90 Å². The number of aliphatic hydroxyl groups is 1. The highest BCUT2D eigenvalue weighted by Gasteiger charge is 2.42. The molecule has 1 rings (SSSR count). The van der Waals surface area contributed by atoms with Crippen molar-refractivity contribution in [3.8, 4) is 0 Å². The summed E-state index contributed by atoms with van der Waals surface area (Å²) in [4.78, 5) is 16.0. The van der Waals surface area contributed by atoms with Crippen LogP contribution in [0.2, 0.25) is 0 Å². The van der Waals surface area contributed by atoms with E-state index < -0.39 is 0 Å². The first-order valence-electron chi connectivity index (χ1n) is 6.06. The van der Waals surface area contributed by atoms with Crippen LogP contribution in [0, 0.1) is 0 Å². The van der Waals surface area contributed by atoms with E-state index in [1.54, 1.807) is 0 Å². The van der Waals surface area contributed by atoms with Crippen LogP contribution < -0.4 is 0 Å². The lowest BCUT2D eigenvalue weighted by molar-refractivity contribution is -0.150. The lowest BCUT2D eigenvalue weighted by Crippen LogP contribution is -2.66. The van der Waals surface area contributed by atoms with E-state index >= 15 is 0 Å². The first-order valence-corrected chi connectivity index (χ1v) is 6.06. The summed E-state index contributed by atoms with van der Waals surface area (Å²) in [6, 6.07) is -0.374. The molecule has 1 amide bonds. The zero-order chi connectivity index (χ0) is 12.3. The van der Waals surface area contributed by atoms with Crippen LogP contribution >= 0.6 is 0 Å². The molecule has 1 unspecified atom stereocenters. The summed E-state index contributed by atoms with van der Waals surface area (Å²) >= 11 is 0. The van der Waals surface area contributed by atoms with Crippen molar-refractivity contribution in [3.63, 3.8) is 0 Å². The van der Waals surface area contributed by atoms with E-state index in [-0.39, 0.29) is 24.1 Å². The molecule has 1 fully saturated rings. The maximum absolute atomic E-state index is 12.1. The van der Waals surface area contributed by atoms with Gasteiger partial charge in [0.05, 0.1) is 6.61 Å². The molecule has 94 valence electrons. The van der Waals surface area contributed by atoms with Crippen LogP contribution in [0.15, 0.2) is 0 Å². The number of amides is 1. The topological polar surface area (TPSA) is 43.8 Å². The van der Waals surface area contributed by atoms with Crippen LogP contribution in [0.5, 0.6) is 0 Å². The summed E-state index contributed by atoms with van der Waals surface area (Å²) in [5.41, 5.74) is -0.0605. The fraction of sp³-hybridized carbons (Fsp3) is 0.917. The van der Waals surface area contributed by atoms with Gasteiger partial charge in [-0.15, -0.1) is 0 Å². The second kappa shape index (κ2) is 5.15. The molecule has 1 aliphatic rings. The van der Waals surface area contributed by atoms with E-state index in [1.807, 2.05) is 16.8 Å². The van der Waals surface area contributed by atoms with Gasteiger partial charge in [-0.05, 0) is 27.3 Å². The van der Waals surface area contributed by atoms with Gasteiger partial charge in [-0.25, -0.2) is 0 Å². The second-order valence-corrected chi connectivity index (χ2v) is 5.24. The van der Waals surface area contributed by atoms with Crippen molar-refractivity contribution < 1.29 is 9.90 Å². The Bertz CT molecular complexity index is 253. The quantitative estimate of drug-likeness (QED) is 0.770. The minimum Gasteiger partial charge on any atom is -0.394 e. The molecule has 1 atom stereocenters. The first kappa shape index (κ1) is 13.5. The molecule has 0 aromatic heterocycles. The highest BCUT2D eigenvalue weighted by atomic mass is 16.3. The number of rotatable bonds is 4. The van der Waals surface area contributed by atoms with E-state index in [0.29, 0.717) is 0 Å². The zero-order valence-corrected chi connectivity index (χ0v) is 10.9. The molecule has 0 spiro atoms. The van der Waals surface area contributed by atoms with Gasteiger partial charge in [0.2, 0.25) is 5.91 Å². The average Bonchev–Trinajstić information content (AvgIpc) is 2.23. The lowest BCUT2D eigenvalue weighted by Gasteiger charge is -2.49. The minimum absolute atomic E-state index is 0.0605. The van der Waals surface area contributed by atoms with E-state index in [2.05, 4.69) is 20.8 Å². The van der Waals surface area contributed by atoms with Gasteiger partial charge < -0.3 is 10.0 Å². The normalized spacial score (nSPS) is 26.2. The number of likely N-dealkylation sites (N-methyl/N-ethyl adjacent to an activating group) is 1. The molecule has 1 saturated heterocycles. The number of unbranched alkanes of at least 4 members (excludes halogenated alkanes) is 1. The Hall–Kier alpha value is -0.610. The summed E-state index contributed by atoms with van der Waals surface area (Å²) in [5.74, 6) is 0.0674. The smallest absolute Gasteiger partial charge is 0.242 e. The predicted octanol–water partition coefficient (Wildman–Crippen LogP) is 0.700. The Labute approximate surface area is 98.2 Å². The van der Waals surface area contributed by atoms with Gasteiger partial charge in [0.25, 0.3) is 0 Å². The van der Waals surface area contributed by atoms with Crippen molar-refractivity contribution in [1.82, 2.24) is 9.80 Å². The number of hydrogen-bond donors (Lipinski definition) is 1. The van der Waals surface area contributed by atoms with Crippen molar-refractivity contribution in [2.45, 2.75) is 45.2 Å². The van der Waals surface area contributed by atoms with Crippen LogP contribution in [0.1, 0.15) is 33.6 Å². The molecule has 0 bridgehead atoms. The van der Waals surface area contributed by atoms with Gasteiger partial charge in [-0.3, -0.25) is 9.69 Å². The van der Waals surface area contributed by atoms with E-state index in [1.165, 1.54) is 0 Å². The number of nitrogens with zero attached hydrogens (tertiary/aromatic N) is 2. The Morgan fingerprint density at radius 1 is 1.50 bits per heavy atom. The lowest BCUT2D eigenvalue weighted by atomic mass is 9.95. The summed E-state index contributed by atoms with van der Waals surface area (Å²) in [6.07, 6.45) is 2.12. The predicted molar refractivity (Wildman–Crippen MR) is 64.2 cm³/mol. The molecule has 0 radical (unpaired) electrons. The molecule has 4 heteroatoms. The fourth-order valence-electron chi connectivity index (χ4n) is 2.19. The largest absolute Gasteiger partial charge is 0.394 e. The Kier molecular flexibility index (Phi) is 4.33. The van der Waals surface area contributed by atoms with Crippen molar-refractivity contribution in [2.75, 3.05) is 26.7 Å². The molecule has 1 N–H and O–H groups in total. The molecular weight excluding hydrogens is 204 g/mol. The maximum atomic E-state index is 12.1. The molecule has 0 aromatic rings. The Morgan fingerprint density at radius 3 is 2.62 bits per heavy atom. The summed E-state index contributed by atoms with van der Waals surface area (Å²) in [7, 11) is 1.91. The minimum atomic E-state index is -0.374. The highest BCUT2D eigenvalue weighted by molar-refractivity contribution is 5.83. The summed E-state index contributed by atoms with van der Waals surface area (Å²) < 4.78 is 0. The van der Waals surface area contributed by atoms with Gasteiger partial charge in [0.1, 0.15) is 6.04 Å². The van der Waals surface area contributed by atoms with Gasteiger partial charge in [-0.2, -0.15) is 0 Å². The second-order valence-electron chi connectivity index (χ2n) is 5.24. The number of carbonyl (C=O) groups is 1. The van der Waals surface area contributed by atoms with E-state index in [4.69, 9.17) is 0 Å². The number of carbonyl (C=O) groups excluding carboxylic acids is 1. The van der Waals surface area contributed by atoms with Gasteiger partial charge >= 0.3 is 0 Å². The van der Waals surface area contributed by atoms with Gasteiger partial charge in [-0.1, -0.05) is 13.3 Å². The van der Waals surface area contributed by atoms with Crippen molar-refractivity contribution in [2.24, 2.45) is 0 Å². The van der Waals surface area contributed by atoms with E-state index in [0.717, 1.165) is 25.9 Å². The molecule has 0 aliphatic carbocycles. The van der Waals surface area contributed by atoms with Crippen LogP contribution in [0.25, 0.3) is 0 Å². The van der Waals surface area contributed by atoms with Crippen LogP contribution in [0.4, 0.5) is 0 Å². The monoisotopic (exact) mass is 228 g/mol. The van der Waals surface area contributed by atoms with Crippen LogP contribution in [-0.2, 0) is 4.79 Å². The number of aliphatic hydroxyl groups excluding tert-OH is 1. The molecule has 16 heavy (non-hydrogen) atoms. The Morgan fingerprint density at radius 2 is 2.12 bits per heavy atom. The van der Waals surface area contributed by atoms with Crippen LogP contribution in [0.3, 0.4) is 0 Å². The number of piperazine rings is 1. The van der Waals surface area contributed by atoms with Gasteiger partial charge in [0.15, 0.2) is 0 Å². The maximum Gasteiger partial charge on any atom is 0.242 e. The fourth-order valence-corrected chi connectivity index (χ4v) is 2.19. The molecule has 0 aromatic carbocycles. The SMILES string of the molecule is CCCCN1CC(C)(C)N(C)C(CO)C1=O. The Balaban J connectivity index is 2.77. The van der Waals surface area contributed by atoms with Gasteiger partial charge in [0, 0.05) is 18.6 Å². The highest BCUT2D eigenvalue weighted by Crippen LogP contribution is 2.24. The third kappa shape index (κ3) is 2.55. The average molecular weight is 228 g/mol.